The molecule has 0 aliphatic heterocycles. The second kappa shape index (κ2) is 7.49. The van der Waals surface area contributed by atoms with Gasteiger partial charge in [0.25, 0.3) is 0 Å². The van der Waals surface area contributed by atoms with Gasteiger partial charge in [-0.1, -0.05) is 65.8 Å². The van der Waals surface area contributed by atoms with Crippen LogP contribution in [0.2, 0.25) is 0 Å². The van der Waals surface area contributed by atoms with Crippen LogP contribution in [0.15, 0.2) is 65.8 Å². The molecule has 2 aromatic carbocycles. The smallest absolute Gasteiger partial charge is 0.355 e. The largest absolute Gasteiger partial charge is 0.461 e. The molecule has 0 atom stereocenters. The topological polar surface area (TPSA) is 74.7 Å². The number of hydrogen-bond acceptors (Lipinski definition) is 4. The fourth-order valence-corrected chi connectivity index (χ4v) is 2.79. The van der Waals surface area contributed by atoms with Gasteiger partial charge in [0.05, 0.1) is 18.5 Å². The predicted molar refractivity (Wildman–Crippen MR) is 97.0 cm³/mol. The number of benzene rings is 2. The van der Waals surface area contributed by atoms with Crippen molar-refractivity contribution >= 4 is 12.2 Å². The first-order chi connectivity index (χ1) is 12.3. The van der Waals surface area contributed by atoms with Crippen LogP contribution in [0.4, 0.5) is 0 Å². The van der Waals surface area contributed by atoms with E-state index in [-0.39, 0.29) is 6.61 Å². The molecular formula is C20H18N2O3. The molecule has 0 spiro atoms. The highest BCUT2D eigenvalue weighted by atomic mass is 16.5. The van der Waals surface area contributed by atoms with Crippen LogP contribution in [0.1, 0.15) is 23.0 Å². The maximum absolute atomic E-state index is 12.5. The van der Waals surface area contributed by atoms with Gasteiger partial charge in [-0.05, 0) is 18.1 Å². The van der Waals surface area contributed by atoms with Gasteiger partial charge in [0.15, 0.2) is 0 Å². The van der Waals surface area contributed by atoms with Crippen LogP contribution in [0, 0.1) is 0 Å². The summed E-state index contributed by atoms with van der Waals surface area (Å²) in [5, 5.41) is 12.4. The highest BCUT2D eigenvalue weighted by molar-refractivity contribution is 6.06. The minimum Gasteiger partial charge on any atom is -0.461 e. The summed E-state index contributed by atoms with van der Waals surface area (Å²) in [6.07, 6.45) is 1.34. The molecule has 5 heteroatoms. The molecule has 2 N–H and O–H groups in total. The highest BCUT2D eigenvalue weighted by Gasteiger charge is 2.24. The summed E-state index contributed by atoms with van der Waals surface area (Å²) >= 11 is 0. The van der Waals surface area contributed by atoms with E-state index in [0.29, 0.717) is 22.5 Å². The van der Waals surface area contributed by atoms with E-state index >= 15 is 0 Å². The first-order valence-electron chi connectivity index (χ1n) is 7.97. The lowest BCUT2D eigenvalue weighted by atomic mass is 9.98. The Bertz CT molecular complexity index is 884. The number of ether oxygens (including phenoxy) is 1. The number of rotatable bonds is 5. The van der Waals surface area contributed by atoms with E-state index in [0.717, 1.165) is 11.1 Å². The number of carbonyl (C=O) groups is 1. The van der Waals surface area contributed by atoms with Crippen molar-refractivity contribution in [1.29, 1.82) is 0 Å². The van der Waals surface area contributed by atoms with Crippen molar-refractivity contribution < 1.29 is 14.7 Å². The van der Waals surface area contributed by atoms with Crippen LogP contribution < -0.4 is 0 Å². The van der Waals surface area contributed by atoms with E-state index in [1.807, 2.05) is 60.7 Å². The summed E-state index contributed by atoms with van der Waals surface area (Å²) in [5.74, 6) is -0.448. The average Bonchev–Trinajstić information content (AvgIpc) is 3.03. The summed E-state index contributed by atoms with van der Waals surface area (Å²) in [5.41, 5.74) is 4.02. The number of oxime groups is 1. The van der Waals surface area contributed by atoms with Crippen LogP contribution >= 0.6 is 0 Å². The van der Waals surface area contributed by atoms with Crippen molar-refractivity contribution in [3.63, 3.8) is 0 Å². The highest BCUT2D eigenvalue weighted by Crippen LogP contribution is 2.35. The molecule has 0 aliphatic rings. The second-order valence-electron chi connectivity index (χ2n) is 5.36. The van der Waals surface area contributed by atoms with Gasteiger partial charge in [0.2, 0.25) is 0 Å². The number of H-pyrrole nitrogens is 1. The molecule has 1 heterocycles. The maximum Gasteiger partial charge on any atom is 0.355 e. The van der Waals surface area contributed by atoms with Gasteiger partial charge >= 0.3 is 5.97 Å². The van der Waals surface area contributed by atoms with Crippen molar-refractivity contribution in [3.05, 3.63) is 71.9 Å². The molecule has 0 bridgehead atoms. The fraction of sp³-hybridized carbons (Fsp3) is 0.100. The Hall–Kier alpha value is -3.34. The first kappa shape index (κ1) is 16.5. The van der Waals surface area contributed by atoms with Crippen LogP contribution in [0.3, 0.4) is 0 Å². The van der Waals surface area contributed by atoms with E-state index in [1.165, 1.54) is 6.21 Å². The number of carbonyl (C=O) groups excluding carboxylic acids is 1. The molecule has 3 rings (SSSR count). The van der Waals surface area contributed by atoms with Gasteiger partial charge < -0.3 is 14.9 Å². The molecule has 0 radical (unpaired) electrons. The quantitative estimate of drug-likeness (QED) is 0.315. The van der Waals surface area contributed by atoms with Gasteiger partial charge in [-0.3, -0.25) is 0 Å². The molecule has 126 valence electrons. The molecule has 25 heavy (non-hydrogen) atoms. The summed E-state index contributed by atoms with van der Waals surface area (Å²) in [6.45, 7) is 2.04. The van der Waals surface area contributed by atoms with Gasteiger partial charge in [-0.25, -0.2) is 4.79 Å². The Morgan fingerprint density at radius 1 is 1.08 bits per heavy atom. The number of aromatic nitrogens is 1. The van der Waals surface area contributed by atoms with E-state index in [9.17, 15) is 4.79 Å². The molecule has 0 unspecified atom stereocenters. The molecule has 0 amide bonds. The van der Waals surface area contributed by atoms with Crippen molar-refractivity contribution in [2.24, 2.45) is 5.16 Å². The Morgan fingerprint density at radius 3 is 2.24 bits per heavy atom. The monoisotopic (exact) mass is 334 g/mol. The molecule has 0 fully saturated rings. The molecular weight excluding hydrogens is 316 g/mol. The fourth-order valence-electron chi connectivity index (χ4n) is 2.79. The zero-order valence-corrected chi connectivity index (χ0v) is 13.8. The van der Waals surface area contributed by atoms with Crippen molar-refractivity contribution in [2.45, 2.75) is 6.92 Å². The third-order valence-corrected chi connectivity index (χ3v) is 3.83. The van der Waals surface area contributed by atoms with E-state index in [4.69, 9.17) is 9.94 Å². The van der Waals surface area contributed by atoms with Gasteiger partial charge in [-0.2, -0.15) is 0 Å². The summed E-state index contributed by atoms with van der Waals surface area (Å²) in [4.78, 5) is 15.6. The Labute approximate surface area is 145 Å². The molecule has 0 saturated heterocycles. The lowest BCUT2D eigenvalue weighted by Gasteiger charge is -2.05. The summed E-state index contributed by atoms with van der Waals surface area (Å²) in [6, 6.07) is 19.0. The Morgan fingerprint density at radius 2 is 1.68 bits per heavy atom. The Kier molecular flexibility index (Phi) is 4.95. The van der Waals surface area contributed by atoms with Gasteiger partial charge in [-0.15, -0.1) is 0 Å². The third-order valence-electron chi connectivity index (χ3n) is 3.83. The molecule has 0 aliphatic carbocycles. The SMILES string of the molecule is CCOC(=O)c1[nH]c(-c2ccccc2)c(/C=N\O)c1-c1ccccc1. The van der Waals surface area contributed by atoms with Gasteiger partial charge in [0.1, 0.15) is 5.69 Å². The van der Waals surface area contributed by atoms with E-state index in [2.05, 4.69) is 10.1 Å². The third kappa shape index (κ3) is 3.30. The van der Waals surface area contributed by atoms with Crippen molar-refractivity contribution in [3.8, 4) is 22.4 Å². The summed E-state index contributed by atoms with van der Waals surface area (Å²) < 4.78 is 5.20. The predicted octanol–water partition coefficient (Wildman–Crippen LogP) is 4.33. The Balaban J connectivity index is 2.29. The number of hydrogen-bond donors (Lipinski definition) is 2. The maximum atomic E-state index is 12.5. The number of nitrogens with one attached hydrogen (secondary N) is 1. The van der Waals surface area contributed by atoms with Crippen LogP contribution in [-0.4, -0.2) is 29.0 Å². The number of nitrogens with zero attached hydrogens (tertiary/aromatic N) is 1. The number of aromatic amines is 1. The van der Waals surface area contributed by atoms with E-state index < -0.39 is 5.97 Å². The minimum atomic E-state index is -0.448. The average molecular weight is 334 g/mol. The number of esters is 1. The minimum absolute atomic E-state index is 0.274. The second-order valence-corrected chi connectivity index (χ2v) is 5.36. The van der Waals surface area contributed by atoms with Crippen LogP contribution in [0.5, 0.6) is 0 Å². The zero-order valence-electron chi connectivity index (χ0n) is 13.8. The molecule has 0 saturated carbocycles. The first-order valence-corrected chi connectivity index (χ1v) is 7.97. The normalized spacial score (nSPS) is 10.9. The lowest BCUT2D eigenvalue weighted by Crippen LogP contribution is -2.06. The van der Waals surface area contributed by atoms with E-state index in [1.54, 1.807) is 6.92 Å². The lowest BCUT2D eigenvalue weighted by molar-refractivity contribution is 0.0521. The molecule has 1 aromatic heterocycles. The van der Waals surface area contributed by atoms with Crippen molar-refractivity contribution in [1.82, 2.24) is 4.98 Å². The molecule has 5 nitrogen and oxygen atoms in total. The zero-order chi connectivity index (χ0) is 17.6. The molecule has 3 aromatic rings. The van der Waals surface area contributed by atoms with Crippen LogP contribution in [0.25, 0.3) is 22.4 Å². The van der Waals surface area contributed by atoms with Crippen molar-refractivity contribution in [2.75, 3.05) is 6.61 Å². The summed E-state index contributed by atoms with van der Waals surface area (Å²) in [7, 11) is 0. The van der Waals surface area contributed by atoms with Gasteiger partial charge in [0, 0.05) is 11.1 Å². The standard InChI is InChI=1S/C20H18N2O3/c1-2-25-20(23)19-17(14-9-5-3-6-10-14)16(13-21-24)18(22-19)15-11-7-4-8-12-15/h3-13,22,24H,2H2,1H3/b21-13-. The van der Waals surface area contributed by atoms with Crippen LogP contribution in [-0.2, 0) is 4.74 Å².